The lowest BCUT2D eigenvalue weighted by molar-refractivity contribution is 0.143. The fraction of sp³-hybridized carbons (Fsp3) is 0.600. The van der Waals surface area contributed by atoms with Gasteiger partial charge >= 0.3 is 0 Å². The molecular formula is C15H23FN2O. The van der Waals surface area contributed by atoms with Gasteiger partial charge < -0.3 is 15.4 Å². The van der Waals surface area contributed by atoms with E-state index in [-0.39, 0.29) is 11.9 Å². The Morgan fingerprint density at radius 2 is 2.32 bits per heavy atom. The Labute approximate surface area is 114 Å². The summed E-state index contributed by atoms with van der Waals surface area (Å²) in [4.78, 5) is 2.13. The van der Waals surface area contributed by atoms with E-state index in [4.69, 9.17) is 10.5 Å². The molecule has 3 nitrogen and oxygen atoms in total. The molecule has 19 heavy (non-hydrogen) atoms. The van der Waals surface area contributed by atoms with E-state index in [2.05, 4.69) is 4.90 Å². The molecular weight excluding hydrogens is 243 g/mol. The highest BCUT2D eigenvalue weighted by molar-refractivity contribution is 5.56. The van der Waals surface area contributed by atoms with Crippen LogP contribution in [0.25, 0.3) is 0 Å². The summed E-state index contributed by atoms with van der Waals surface area (Å²) >= 11 is 0. The summed E-state index contributed by atoms with van der Waals surface area (Å²) in [6, 6.07) is 5.01. The number of nitrogens with two attached hydrogens (primary N) is 1. The van der Waals surface area contributed by atoms with E-state index < -0.39 is 0 Å². The molecule has 2 atom stereocenters. The molecule has 0 aromatic heterocycles. The number of para-hydroxylation sites is 1. The van der Waals surface area contributed by atoms with Crippen LogP contribution in [0.2, 0.25) is 0 Å². The lowest BCUT2D eigenvalue weighted by atomic mass is 9.96. The number of rotatable bonds is 4. The van der Waals surface area contributed by atoms with E-state index in [1.54, 1.807) is 13.2 Å². The smallest absolute Gasteiger partial charge is 0.146 e. The normalized spacial score (nSPS) is 21.5. The van der Waals surface area contributed by atoms with Crippen LogP contribution in [-0.4, -0.2) is 26.8 Å². The fourth-order valence-electron chi connectivity index (χ4n) is 2.87. The lowest BCUT2D eigenvalue weighted by Gasteiger charge is -2.36. The molecule has 0 bridgehead atoms. The number of nitrogens with zero attached hydrogens (tertiary/aromatic N) is 1. The van der Waals surface area contributed by atoms with Gasteiger partial charge in [0.25, 0.3) is 0 Å². The van der Waals surface area contributed by atoms with Gasteiger partial charge in [-0.05, 0) is 37.3 Å². The molecule has 1 unspecified atom stereocenters. The third kappa shape index (κ3) is 3.25. The maximum atomic E-state index is 14.2. The first kappa shape index (κ1) is 14.3. The van der Waals surface area contributed by atoms with Crippen LogP contribution in [0.1, 0.15) is 31.4 Å². The van der Waals surface area contributed by atoms with E-state index in [9.17, 15) is 4.39 Å². The number of hydrogen-bond donors (Lipinski definition) is 1. The van der Waals surface area contributed by atoms with Crippen LogP contribution in [0, 0.1) is 11.7 Å². The van der Waals surface area contributed by atoms with Crippen LogP contribution >= 0.6 is 0 Å². The molecule has 0 radical (unpaired) electrons. The fourth-order valence-corrected chi connectivity index (χ4v) is 2.87. The van der Waals surface area contributed by atoms with Crippen LogP contribution in [0.5, 0.6) is 0 Å². The monoisotopic (exact) mass is 266 g/mol. The molecule has 1 heterocycles. The summed E-state index contributed by atoms with van der Waals surface area (Å²) in [5, 5.41) is 0. The van der Waals surface area contributed by atoms with Crippen molar-refractivity contribution in [3.05, 3.63) is 29.6 Å². The van der Waals surface area contributed by atoms with Crippen LogP contribution in [-0.2, 0) is 4.74 Å². The molecule has 1 aliphatic rings. The highest BCUT2D eigenvalue weighted by Gasteiger charge is 2.24. The number of hydrogen-bond acceptors (Lipinski definition) is 3. The highest BCUT2D eigenvalue weighted by atomic mass is 19.1. The van der Waals surface area contributed by atoms with Crippen molar-refractivity contribution < 1.29 is 9.13 Å². The second kappa shape index (κ2) is 6.35. The Morgan fingerprint density at radius 1 is 1.53 bits per heavy atom. The first-order valence-corrected chi connectivity index (χ1v) is 6.91. The van der Waals surface area contributed by atoms with E-state index >= 15 is 0 Å². The predicted octanol–water partition coefficient (Wildman–Crippen LogP) is 2.71. The minimum absolute atomic E-state index is 0.159. The molecule has 1 fully saturated rings. The Morgan fingerprint density at radius 3 is 3.00 bits per heavy atom. The topological polar surface area (TPSA) is 38.5 Å². The zero-order chi connectivity index (χ0) is 13.8. The summed E-state index contributed by atoms with van der Waals surface area (Å²) in [7, 11) is 1.72. The summed E-state index contributed by atoms with van der Waals surface area (Å²) in [6.45, 7) is 4.36. The molecule has 4 heteroatoms. The number of anilines is 1. The van der Waals surface area contributed by atoms with Crippen molar-refractivity contribution in [3.8, 4) is 0 Å². The maximum Gasteiger partial charge on any atom is 0.146 e. The van der Waals surface area contributed by atoms with Gasteiger partial charge in [-0.1, -0.05) is 12.1 Å². The van der Waals surface area contributed by atoms with Gasteiger partial charge in [0.05, 0.1) is 12.3 Å². The summed E-state index contributed by atoms with van der Waals surface area (Å²) < 4.78 is 19.4. The van der Waals surface area contributed by atoms with E-state index in [0.717, 1.165) is 38.1 Å². The largest absolute Gasteiger partial charge is 0.384 e. The first-order chi connectivity index (χ1) is 9.13. The number of methoxy groups -OCH3 is 1. The molecule has 1 aromatic carbocycles. The van der Waals surface area contributed by atoms with Gasteiger partial charge in [-0.15, -0.1) is 0 Å². The van der Waals surface area contributed by atoms with Crippen molar-refractivity contribution in [3.63, 3.8) is 0 Å². The van der Waals surface area contributed by atoms with Crippen molar-refractivity contribution >= 4 is 5.69 Å². The molecule has 106 valence electrons. The molecule has 0 saturated carbocycles. The van der Waals surface area contributed by atoms with Crippen molar-refractivity contribution in [1.29, 1.82) is 0 Å². The number of halogens is 1. The van der Waals surface area contributed by atoms with Crippen molar-refractivity contribution in [2.24, 2.45) is 11.7 Å². The Hall–Kier alpha value is -1.13. The van der Waals surface area contributed by atoms with Gasteiger partial charge in [0.2, 0.25) is 0 Å². The van der Waals surface area contributed by atoms with E-state index in [0.29, 0.717) is 11.6 Å². The third-order valence-corrected chi connectivity index (χ3v) is 3.75. The maximum absolute atomic E-state index is 14.2. The minimum atomic E-state index is -0.173. The van der Waals surface area contributed by atoms with Gasteiger partial charge in [-0.25, -0.2) is 4.39 Å². The molecule has 1 aromatic rings. The van der Waals surface area contributed by atoms with Crippen molar-refractivity contribution in [2.75, 3.05) is 31.7 Å². The third-order valence-electron chi connectivity index (χ3n) is 3.75. The second-order valence-corrected chi connectivity index (χ2v) is 5.38. The van der Waals surface area contributed by atoms with Gasteiger partial charge in [0.1, 0.15) is 5.82 Å². The van der Waals surface area contributed by atoms with Crippen molar-refractivity contribution in [2.45, 2.75) is 25.8 Å². The van der Waals surface area contributed by atoms with E-state index in [1.165, 1.54) is 6.07 Å². The van der Waals surface area contributed by atoms with E-state index in [1.807, 2.05) is 13.0 Å². The molecule has 1 saturated heterocycles. The number of ether oxygens (including phenoxy) is 1. The summed E-state index contributed by atoms with van der Waals surface area (Å²) in [5.74, 6) is 0.298. The van der Waals surface area contributed by atoms with Crippen LogP contribution in [0.3, 0.4) is 0 Å². The first-order valence-electron chi connectivity index (χ1n) is 6.91. The number of piperidine rings is 1. The molecule has 2 rings (SSSR count). The standard InChI is InChI=1S/C15H23FN2O/c1-11(17)13-6-3-7-14(16)15(13)18-8-4-5-12(9-18)10-19-2/h3,6-7,11-12H,4-5,8-10,17H2,1-2H3/t11-,12?/m1/s1. The second-order valence-electron chi connectivity index (χ2n) is 5.38. The zero-order valence-electron chi connectivity index (χ0n) is 11.7. The average Bonchev–Trinajstić information content (AvgIpc) is 2.39. The molecule has 0 amide bonds. The minimum Gasteiger partial charge on any atom is -0.384 e. The SMILES string of the molecule is COCC1CCCN(c2c(F)cccc2[C@@H](C)N)C1. The summed E-state index contributed by atoms with van der Waals surface area (Å²) in [6.07, 6.45) is 2.22. The Balaban J connectivity index is 2.25. The Kier molecular flexibility index (Phi) is 4.77. The number of benzene rings is 1. The predicted molar refractivity (Wildman–Crippen MR) is 75.8 cm³/mol. The molecule has 1 aliphatic heterocycles. The quantitative estimate of drug-likeness (QED) is 0.910. The molecule has 0 spiro atoms. The average molecular weight is 266 g/mol. The summed E-state index contributed by atoms with van der Waals surface area (Å²) in [5.41, 5.74) is 7.53. The van der Waals surface area contributed by atoms with Gasteiger partial charge in [-0.3, -0.25) is 0 Å². The van der Waals surface area contributed by atoms with Gasteiger partial charge in [0.15, 0.2) is 0 Å². The van der Waals surface area contributed by atoms with Crippen LogP contribution < -0.4 is 10.6 Å². The Bertz CT molecular complexity index is 421. The van der Waals surface area contributed by atoms with Gasteiger partial charge in [0, 0.05) is 26.2 Å². The van der Waals surface area contributed by atoms with Crippen molar-refractivity contribution in [1.82, 2.24) is 0 Å². The molecule has 0 aliphatic carbocycles. The van der Waals surface area contributed by atoms with Gasteiger partial charge in [-0.2, -0.15) is 0 Å². The zero-order valence-corrected chi connectivity index (χ0v) is 11.7. The highest BCUT2D eigenvalue weighted by Crippen LogP contribution is 2.31. The lowest BCUT2D eigenvalue weighted by Crippen LogP contribution is -2.38. The van der Waals surface area contributed by atoms with Crippen LogP contribution in [0.4, 0.5) is 10.1 Å². The molecule has 2 N–H and O–H groups in total. The van der Waals surface area contributed by atoms with Crippen LogP contribution in [0.15, 0.2) is 18.2 Å².